The second-order valence-corrected chi connectivity index (χ2v) is 6.27. The number of nitrogens with zero attached hydrogens (tertiary/aromatic N) is 2. The highest BCUT2D eigenvalue weighted by Crippen LogP contribution is 2.30. The summed E-state index contributed by atoms with van der Waals surface area (Å²) in [6.45, 7) is 3.38. The van der Waals surface area contributed by atoms with Gasteiger partial charge in [-0.05, 0) is 36.8 Å². The lowest BCUT2D eigenvalue weighted by molar-refractivity contribution is 0.269. The molecule has 0 saturated carbocycles. The molecule has 0 bridgehead atoms. The molecule has 0 aliphatic heterocycles. The van der Waals surface area contributed by atoms with Gasteiger partial charge in [-0.25, -0.2) is 10.1 Å². The first-order valence-corrected chi connectivity index (χ1v) is 8.83. The number of hydrogen-bond acceptors (Lipinski definition) is 5. The Morgan fingerprint density at radius 3 is 2.69 bits per heavy atom. The molecule has 0 aliphatic carbocycles. The number of nitrogens with one attached hydrogen (secondary N) is 2. The Morgan fingerprint density at radius 2 is 1.96 bits per heavy atom. The van der Waals surface area contributed by atoms with Gasteiger partial charge in [0.1, 0.15) is 12.9 Å². The van der Waals surface area contributed by atoms with Crippen LogP contribution in [-0.2, 0) is 13.2 Å². The Labute approximate surface area is 161 Å². The zero-order valence-corrected chi connectivity index (χ0v) is 15.6. The van der Waals surface area contributed by atoms with E-state index >= 15 is 0 Å². The maximum atomic E-state index is 6.19. The summed E-state index contributed by atoms with van der Waals surface area (Å²) < 4.78 is 11.6. The lowest BCUT2D eigenvalue weighted by atomic mass is 10.2. The maximum absolute atomic E-state index is 6.19. The van der Waals surface area contributed by atoms with Gasteiger partial charge in [0.15, 0.2) is 11.5 Å². The fraction of sp³-hybridized carbons (Fsp3) is 0.222. The Hall–Kier alpha value is -2.44. The van der Waals surface area contributed by atoms with Crippen molar-refractivity contribution in [1.82, 2.24) is 15.2 Å². The van der Waals surface area contributed by atoms with Gasteiger partial charge in [0, 0.05) is 22.2 Å². The molecular weight excluding hydrogens is 375 g/mol. The molecule has 0 spiro atoms. The van der Waals surface area contributed by atoms with Crippen LogP contribution in [0.15, 0.2) is 42.7 Å². The van der Waals surface area contributed by atoms with E-state index in [0.29, 0.717) is 47.3 Å². The molecule has 0 aliphatic rings. The summed E-state index contributed by atoms with van der Waals surface area (Å²) in [6, 6.07) is 11.1. The van der Waals surface area contributed by atoms with Gasteiger partial charge in [0.2, 0.25) is 5.95 Å². The van der Waals surface area contributed by atoms with Gasteiger partial charge in [-0.1, -0.05) is 35.3 Å². The molecule has 0 radical (unpaired) electrons. The van der Waals surface area contributed by atoms with Crippen molar-refractivity contribution in [2.45, 2.75) is 20.1 Å². The van der Waals surface area contributed by atoms with Gasteiger partial charge in [-0.15, -0.1) is 0 Å². The van der Waals surface area contributed by atoms with Gasteiger partial charge >= 0.3 is 0 Å². The summed E-state index contributed by atoms with van der Waals surface area (Å²) in [5.74, 6) is 1.94. The Morgan fingerprint density at radius 1 is 1.08 bits per heavy atom. The van der Waals surface area contributed by atoms with Crippen LogP contribution in [0.25, 0.3) is 0 Å². The number of H-pyrrole nitrogens is 1. The van der Waals surface area contributed by atoms with E-state index in [1.807, 2.05) is 31.2 Å². The van der Waals surface area contributed by atoms with Gasteiger partial charge in [-0.2, -0.15) is 5.10 Å². The van der Waals surface area contributed by atoms with Crippen LogP contribution in [0.5, 0.6) is 11.5 Å². The Kier molecular flexibility index (Phi) is 6.20. The summed E-state index contributed by atoms with van der Waals surface area (Å²) in [5.41, 5.74) is 1.89. The minimum Gasteiger partial charge on any atom is -0.490 e. The van der Waals surface area contributed by atoms with Crippen molar-refractivity contribution >= 4 is 29.2 Å². The first-order chi connectivity index (χ1) is 12.7. The number of ether oxygens (including phenoxy) is 2. The fourth-order valence-corrected chi connectivity index (χ4v) is 2.78. The number of hydrogen-bond donors (Lipinski definition) is 2. The Balaban J connectivity index is 1.69. The average Bonchev–Trinajstić information content (AvgIpc) is 3.14. The van der Waals surface area contributed by atoms with Crippen LogP contribution in [0.4, 0.5) is 5.95 Å². The largest absolute Gasteiger partial charge is 0.490 e. The van der Waals surface area contributed by atoms with Crippen LogP contribution < -0.4 is 14.8 Å². The first kappa shape index (κ1) is 18.4. The molecule has 136 valence electrons. The van der Waals surface area contributed by atoms with E-state index in [1.54, 1.807) is 12.1 Å². The van der Waals surface area contributed by atoms with Crippen LogP contribution >= 0.6 is 23.2 Å². The van der Waals surface area contributed by atoms with Crippen molar-refractivity contribution in [1.29, 1.82) is 0 Å². The minimum atomic E-state index is 0.325. The van der Waals surface area contributed by atoms with Crippen LogP contribution in [0, 0.1) is 0 Å². The van der Waals surface area contributed by atoms with E-state index in [9.17, 15) is 0 Å². The topological polar surface area (TPSA) is 72.1 Å². The molecule has 0 amide bonds. The summed E-state index contributed by atoms with van der Waals surface area (Å²) in [4.78, 5) is 4.03. The standard InChI is InChI=1S/C18H18Cl2N4O2/c1-2-25-17-7-12(9-21-18-22-11-23-24-18)3-6-16(17)26-10-13-4-5-14(19)8-15(13)20/h3-8,11H,2,9-10H2,1H3,(H2,21,22,23,24). The van der Waals surface area contributed by atoms with E-state index < -0.39 is 0 Å². The highest BCUT2D eigenvalue weighted by molar-refractivity contribution is 6.35. The summed E-state index contributed by atoms with van der Waals surface area (Å²) >= 11 is 12.1. The number of anilines is 1. The van der Waals surface area contributed by atoms with E-state index in [-0.39, 0.29) is 0 Å². The quantitative estimate of drug-likeness (QED) is 0.580. The molecule has 3 aromatic rings. The van der Waals surface area contributed by atoms with Gasteiger partial charge in [0.05, 0.1) is 6.61 Å². The van der Waals surface area contributed by atoms with Crippen molar-refractivity contribution < 1.29 is 9.47 Å². The number of benzene rings is 2. The molecule has 26 heavy (non-hydrogen) atoms. The number of aromatic nitrogens is 3. The molecule has 1 aromatic heterocycles. The van der Waals surface area contributed by atoms with E-state index in [1.165, 1.54) is 6.33 Å². The molecule has 0 atom stereocenters. The van der Waals surface area contributed by atoms with Crippen LogP contribution in [0.3, 0.4) is 0 Å². The highest BCUT2D eigenvalue weighted by atomic mass is 35.5. The number of aromatic amines is 1. The van der Waals surface area contributed by atoms with E-state index in [4.69, 9.17) is 32.7 Å². The third-order valence-electron chi connectivity index (χ3n) is 3.58. The normalized spacial score (nSPS) is 10.6. The number of rotatable bonds is 8. The van der Waals surface area contributed by atoms with Crippen molar-refractivity contribution in [3.8, 4) is 11.5 Å². The lowest BCUT2D eigenvalue weighted by Crippen LogP contribution is -2.04. The highest BCUT2D eigenvalue weighted by Gasteiger charge is 2.09. The molecule has 1 heterocycles. The fourth-order valence-electron chi connectivity index (χ4n) is 2.32. The third-order valence-corrected chi connectivity index (χ3v) is 4.17. The summed E-state index contributed by atoms with van der Waals surface area (Å²) in [7, 11) is 0. The minimum absolute atomic E-state index is 0.325. The summed E-state index contributed by atoms with van der Waals surface area (Å²) in [6.07, 6.45) is 1.45. The lowest BCUT2D eigenvalue weighted by Gasteiger charge is -2.14. The molecule has 0 unspecified atom stereocenters. The molecule has 0 fully saturated rings. The van der Waals surface area contributed by atoms with Crippen molar-refractivity contribution in [2.24, 2.45) is 0 Å². The second-order valence-electron chi connectivity index (χ2n) is 5.43. The SMILES string of the molecule is CCOc1cc(CNc2ncn[nH]2)ccc1OCc1ccc(Cl)cc1Cl. The maximum Gasteiger partial charge on any atom is 0.218 e. The van der Waals surface area contributed by atoms with Crippen LogP contribution in [0.2, 0.25) is 10.0 Å². The van der Waals surface area contributed by atoms with Gasteiger partial charge < -0.3 is 14.8 Å². The predicted molar refractivity (Wildman–Crippen MR) is 102 cm³/mol. The molecule has 3 rings (SSSR count). The third kappa shape index (κ3) is 4.80. The van der Waals surface area contributed by atoms with Gasteiger partial charge in [0.25, 0.3) is 0 Å². The second kappa shape index (κ2) is 8.78. The molecule has 2 aromatic carbocycles. The van der Waals surface area contributed by atoms with Gasteiger partial charge in [-0.3, -0.25) is 0 Å². The monoisotopic (exact) mass is 392 g/mol. The summed E-state index contributed by atoms with van der Waals surface area (Å²) in [5, 5.41) is 10.9. The molecular formula is C18H18Cl2N4O2. The zero-order chi connectivity index (χ0) is 18.4. The van der Waals surface area contributed by atoms with Crippen molar-refractivity contribution in [3.63, 3.8) is 0 Å². The molecule has 0 saturated heterocycles. The Bertz CT molecular complexity index is 856. The molecule has 6 nitrogen and oxygen atoms in total. The van der Waals surface area contributed by atoms with E-state index in [0.717, 1.165) is 11.1 Å². The zero-order valence-electron chi connectivity index (χ0n) is 14.1. The molecule has 8 heteroatoms. The predicted octanol–water partition coefficient (Wildman–Crippen LogP) is 4.70. The smallest absolute Gasteiger partial charge is 0.218 e. The average molecular weight is 393 g/mol. The van der Waals surface area contributed by atoms with E-state index in [2.05, 4.69) is 20.5 Å². The van der Waals surface area contributed by atoms with Crippen LogP contribution in [-0.4, -0.2) is 21.8 Å². The molecule has 2 N–H and O–H groups in total. The first-order valence-electron chi connectivity index (χ1n) is 8.07. The van der Waals surface area contributed by atoms with Crippen LogP contribution in [0.1, 0.15) is 18.1 Å². The number of halogens is 2. The van der Waals surface area contributed by atoms with Crippen molar-refractivity contribution in [2.75, 3.05) is 11.9 Å². The van der Waals surface area contributed by atoms with Crippen molar-refractivity contribution in [3.05, 3.63) is 63.9 Å².